The molecule has 0 saturated heterocycles. The number of hydrogen-bond donors (Lipinski definition) is 1. The average Bonchev–Trinajstić information content (AvgIpc) is 3.36. The third-order valence-electron chi connectivity index (χ3n) is 6.67. The Morgan fingerprint density at radius 1 is 0.897 bits per heavy atom. The zero-order valence-corrected chi connectivity index (χ0v) is 23.6. The van der Waals surface area contributed by atoms with Crippen molar-refractivity contribution in [3.8, 4) is 16.8 Å². The molecule has 0 aliphatic heterocycles. The molecular formula is C33H38N4O2. The standard InChI is InChI=1S/C33H38N4O2/c1-6-7-21-36(32(39)27-17-15-26(16-18-27)25-11-9-8-10-12-25)23-31(38)34-30-22-29(33(3,4)5)35-37(30)28-19-13-24(2)14-20-28/h8-20,22H,6-7,21,23H2,1-5H3,(H,34,38). The maximum atomic E-state index is 13.5. The van der Waals surface area contributed by atoms with Gasteiger partial charge in [0.15, 0.2) is 0 Å². The van der Waals surface area contributed by atoms with Gasteiger partial charge in [0.05, 0.1) is 11.4 Å². The lowest BCUT2D eigenvalue weighted by Gasteiger charge is -2.22. The van der Waals surface area contributed by atoms with Gasteiger partial charge in [-0.15, -0.1) is 0 Å². The van der Waals surface area contributed by atoms with E-state index in [1.807, 2.05) is 91.9 Å². The first kappa shape index (κ1) is 27.8. The Morgan fingerprint density at radius 2 is 1.54 bits per heavy atom. The SMILES string of the molecule is CCCCN(CC(=O)Nc1cc(C(C)(C)C)nn1-c1ccc(C)cc1)C(=O)c1ccc(-c2ccccc2)cc1. The number of anilines is 1. The first-order valence-electron chi connectivity index (χ1n) is 13.6. The molecule has 0 atom stereocenters. The van der Waals surface area contributed by atoms with Crippen molar-refractivity contribution in [2.24, 2.45) is 0 Å². The minimum absolute atomic E-state index is 0.0385. The fourth-order valence-electron chi connectivity index (χ4n) is 4.29. The van der Waals surface area contributed by atoms with Crippen LogP contribution >= 0.6 is 0 Å². The lowest BCUT2D eigenvalue weighted by Crippen LogP contribution is -2.39. The van der Waals surface area contributed by atoms with Crippen LogP contribution in [0.5, 0.6) is 0 Å². The Morgan fingerprint density at radius 3 is 2.15 bits per heavy atom. The predicted octanol–water partition coefficient (Wildman–Crippen LogP) is 7.03. The number of aryl methyl sites for hydroxylation is 1. The third-order valence-corrected chi connectivity index (χ3v) is 6.67. The smallest absolute Gasteiger partial charge is 0.254 e. The summed E-state index contributed by atoms with van der Waals surface area (Å²) in [6, 6.07) is 27.6. The van der Waals surface area contributed by atoms with E-state index in [0.29, 0.717) is 17.9 Å². The van der Waals surface area contributed by atoms with E-state index >= 15 is 0 Å². The normalized spacial score (nSPS) is 11.3. The number of hydrogen-bond acceptors (Lipinski definition) is 3. The van der Waals surface area contributed by atoms with Gasteiger partial charge >= 0.3 is 0 Å². The number of unbranched alkanes of at least 4 members (excludes halogenated alkanes) is 1. The summed E-state index contributed by atoms with van der Waals surface area (Å²) in [6.07, 6.45) is 1.74. The van der Waals surface area contributed by atoms with Crippen LogP contribution in [0.4, 0.5) is 5.82 Å². The summed E-state index contributed by atoms with van der Waals surface area (Å²) in [7, 11) is 0. The second-order valence-electron chi connectivity index (χ2n) is 11.0. The summed E-state index contributed by atoms with van der Waals surface area (Å²) in [5.74, 6) is 0.179. The molecule has 0 aliphatic carbocycles. The first-order valence-corrected chi connectivity index (χ1v) is 13.6. The van der Waals surface area contributed by atoms with Crippen LogP contribution in [0.2, 0.25) is 0 Å². The maximum absolute atomic E-state index is 13.5. The molecule has 0 fully saturated rings. The highest BCUT2D eigenvalue weighted by Crippen LogP contribution is 2.27. The summed E-state index contributed by atoms with van der Waals surface area (Å²) < 4.78 is 1.76. The fourth-order valence-corrected chi connectivity index (χ4v) is 4.29. The number of rotatable bonds is 9. The topological polar surface area (TPSA) is 67.2 Å². The Kier molecular flexibility index (Phi) is 8.65. The van der Waals surface area contributed by atoms with Crippen LogP contribution in [0, 0.1) is 6.92 Å². The van der Waals surface area contributed by atoms with E-state index in [1.54, 1.807) is 9.58 Å². The van der Waals surface area contributed by atoms with Crippen molar-refractivity contribution in [2.75, 3.05) is 18.4 Å². The van der Waals surface area contributed by atoms with Crippen molar-refractivity contribution >= 4 is 17.6 Å². The highest BCUT2D eigenvalue weighted by molar-refractivity contribution is 5.99. The number of nitrogens with zero attached hydrogens (tertiary/aromatic N) is 3. The molecule has 2 amide bonds. The summed E-state index contributed by atoms with van der Waals surface area (Å²) in [5.41, 5.74) is 5.40. The third kappa shape index (κ3) is 7.02. The average molecular weight is 523 g/mol. The Hall–Kier alpha value is -4.19. The van der Waals surface area contributed by atoms with Crippen LogP contribution in [-0.4, -0.2) is 39.6 Å². The van der Waals surface area contributed by atoms with Crippen LogP contribution in [0.25, 0.3) is 16.8 Å². The number of carbonyl (C=O) groups is 2. The second-order valence-corrected chi connectivity index (χ2v) is 11.0. The summed E-state index contributed by atoms with van der Waals surface area (Å²) in [6.45, 7) is 10.9. The first-order chi connectivity index (χ1) is 18.7. The van der Waals surface area contributed by atoms with Crippen molar-refractivity contribution in [1.29, 1.82) is 0 Å². The molecule has 202 valence electrons. The van der Waals surface area contributed by atoms with Gasteiger partial charge in [0, 0.05) is 23.6 Å². The zero-order chi connectivity index (χ0) is 28.0. The molecule has 1 aromatic heterocycles. The van der Waals surface area contributed by atoms with Crippen molar-refractivity contribution in [2.45, 2.75) is 52.9 Å². The molecule has 0 spiro atoms. The van der Waals surface area contributed by atoms with Gasteiger partial charge in [0.25, 0.3) is 5.91 Å². The molecule has 1 N–H and O–H groups in total. The number of carbonyl (C=O) groups excluding carboxylic acids is 2. The van der Waals surface area contributed by atoms with Gasteiger partial charge in [-0.1, -0.05) is 94.3 Å². The minimum Gasteiger partial charge on any atom is -0.329 e. The molecule has 39 heavy (non-hydrogen) atoms. The highest BCUT2D eigenvalue weighted by Gasteiger charge is 2.23. The van der Waals surface area contributed by atoms with Crippen molar-refractivity contribution in [3.63, 3.8) is 0 Å². The molecule has 0 radical (unpaired) electrons. The molecule has 0 unspecified atom stereocenters. The Bertz CT molecular complexity index is 1400. The van der Waals surface area contributed by atoms with Crippen molar-refractivity contribution in [3.05, 3.63) is 102 Å². The van der Waals surface area contributed by atoms with E-state index in [0.717, 1.165) is 40.9 Å². The van der Waals surface area contributed by atoms with Gasteiger partial charge in [0.2, 0.25) is 5.91 Å². The number of aromatic nitrogens is 2. The zero-order valence-electron chi connectivity index (χ0n) is 23.6. The van der Waals surface area contributed by atoms with Crippen LogP contribution in [0.3, 0.4) is 0 Å². The largest absolute Gasteiger partial charge is 0.329 e. The molecule has 0 saturated carbocycles. The molecular weight excluding hydrogens is 484 g/mol. The second kappa shape index (κ2) is 12.1. The van der Waals surface area contributed by atoms with E-state index in [4.69, 9.17) is 5.10 Å². The van der Waals surface area contributed by atoms with Gasteiger partial charge in [-0.25, -0.2) is 4.68 Å². The van der Waals surface area contributed by atoms with Crippen LogP contribution in [0.15, 0.2) is 84.9 Å². The molecule has 3 aromatic carbocycles. The van der Waals surface area contributed by atoms with E-state index in [-0.39, 0.29) is 23.8 Å². The Balaban J connectivity index is 1.54. The molecule has 6 heteroatoms. The van der Waals surface area contributed by atoms with E-state index < -0.39 is 0 Å². The lowest BCUT2D eigenvalue weighted by atomic mass is 9.92. The quantitative estimate of drug-likeness (QED) is 0.257. The molecule has 0 bridgehead atoms. The highest BCUT2D eigenvalue weighted by atomic mass is 16.2. The van der Waals surface area contributed by atoms with Gasteiger partial charge in [0.1, 0.15) is 12.4 Å². The maximum Gasteiger partial charge on any atom is 0.254 e. The van der Waals surface area contributed by atoms with Gasteiger partial charge in [-0.2, -0.15) is 5.10 Å². The summed E-state index contributed by atoms with van der Waals surface area (Å²) in [4.78, 5) is 28.4. The van der Waals surface area contributed by atoms with Crippen LogP contribution < -0.4 is 5.32 Å². The number of benzene rings is 3. The van der Waals surface area contributed by atoms with Crippen LogP contribution in [0.1, 0.15) is 62.2 Å². The molecule has 1 heterocycles. The Labute approximate surface area is 231 Å². The molecule has 6 nitrogen and oxygen atoms in total. The summed E-state index contributed by atoms with van der Waals surface area (Å²) >= 11 is 0. The summed E-state index contributed by atoms with van der Waals surface area (Å²) in [5, 5.41) is 7.83. The molecule has 0 aliphatic rings. The van der Waals surface area contributed by atoms with Crippen molar-refractivity contribution in [1.82, 2.24) is 14.7 Å². The van der Waals surface area contributed by atoms with E-state index in [2.05, 4.69) is 33.0 Å². The van der Waals surface area contributed by atoms with Gasteiger partial charge < -0.3 is 10.2 Å². The lowest BCUT2D eigenvalue weighted by molar-refractivity contribution is -0.117. The molecule has 4 aromatic rings. The van der Waals surface area contributed by atoms with E-state index in [1.165, 1.54) is 0 Å². The monoisotopic (exact) mass is 522 g/mol. The van der Waals surface area contributed by atoms with Gasteiger partial charge in [-0.05, 0) is 48.7 Å². The van der Waals surface area contributed by atoms with Crippen molar-refractivity contribution < 1.29 is 9.59 Å². The fraction of sp³-hybridized carbons (Fsp3) is 0.303. The number of amides is 2. The predicted molar refractivity (Wildman–Crippen MR) is 158 cm³/mol. The minimum atomic E-state index is -0.255. The van der Waals surface area contributed by atoms with Crippen LogP contribution in [-0.2, 0) is 10.2 Å². The molecule has 4 rings (SSSR count). The number of nitrogens with one attached hydrogen (secondary N) is 1. The van der Waals surface area contributed by atoms with E-state index in [9.17, 15) is 9.59 Å². The van der Waals surface area contributed by atoms with Gasteiger partial charge in [-0.3, -0.25) is 9.59 Å².